The molecule has 6 nitrogen and oxygen atoms in total. The third kappa shape index (κ3) is 7.12. The number of pyridine rings is 1. The summed E-state index contributed by atoms with van der Waals surface area (Å²) in [6.07, 6.45) is 9.65. The van der Waals surface area contributed by atoms with Crippen LogP contribution in [0.15, 0.2) is 54.9 Å². The van der Waals surface area contributed by atoms with Crippen LogP contribution in [0.3, 0.4) is 0 Å². The zero-order valence-electron chi connectivity index (χ0n) is 22.0. The van der Waals surface area contributed by atoms with E-state index in [-0.39, 0.29) is 0 Å². The van der Waals surface area contributed by atoms with Crippen molar-refractivity contribution in [2.75, 3.05) is 30.8 Å². The number of benzene rings is 1. The lowest BCUT2D eigenvalue weighted by Gasteiger charge is -2.28. The van der Waals surface area contributed by atoms with Crippen molar-refractivity contribution in [2.24, 2.45) is 0 Å². The van der Waals surface area contributed by atoms with E-state index >= 15 is 0 Å². The number of hydrogen-bond donors (Lipinski definition) is 5. The van der Waals surface area contributed by atoms with Gasteiger partial charge in [0.2, 0.25) is 0 Å². The molecule has 1 aromatic heterocycles. The Morgan fingerprint density at radius 1 is 1.17 bits per heavy atom. The fourth-order valence-electron chi connectivity index (χ4n) is 4.32. The first-order valence-corrected chi connectivity index (χ1v) is 12.9. The monoisotopic (exact) mass is 474 g/mol. The van der Waals surface area contributed by atoms with E-state index in [0.29, 0.717) is 12.1 Å². The second-order valence-electron chi connectivity index (χ2n) is 8.82. The molecule has 6 heteroatoms. The summed E-state index contributed by atoms with van der Waals surface area (Å²) >= 11 is 0. The van der Waals surface area contributed by atoms with E-state index in [9.17, 15) is 0 Å². The van der Waals surface area contributed by atoms with Gasteiger partial charge < -0.3 is 26.6 Å². The molecular weight excluding hydrogens is 432 g/mol. The van der Waals surface area contributed by atoms with E-state index in [1.807, 2.05) is 33.2 Å². The average Bonchev–Trinajstić information content (AvgIpc) is 2.85. The lowest BCUT2D eigenvalue weighted by Crippen LogP contribution is -2.35. The molecule has 0 amide bonds. The van der Waals surface area contributed by atoms with Crippen LogP contribution in [0.1, 0.15) is 63.6 Å². The predicted molar refractivity (Wildman–Crippen MR) is 152 cm³/mol. The maximum atomic E-state index is 4.50. The van der Waals surface area contributed by atoms with Gasteiger partial charge in [-0.25, -0.2) is 4.98 Å². The van der Waals surface area contributed by atoms with Crippen molar-refractivity contribution in [3.63, 3.8) is 0 Å². The third-order valence-electron chi connectivity index (χ3n) is 6.30. The summed E-state index contributed by atoms with van der Waals surface area (Å²) in [5.74, 6) is 0.904. The molecule has 0 aliphatic carbocycles. The van der Waals surface area contributed by atoms with Crippen molar-refractivity contribution < 1.29 is 0 Å². The van der Waals surface area contributed by atoms with Gasteiger partial charge in [0.1, 0.15) is 5.82 Å². The Kier molecular flexibility index (Phi) is 9.79. The maximum Gasteiger partial charge on any atom is 0.126 e. The van der Waals surface area contributed by atoms with Gasteiger partial charge in [0.25, 0.3) is 0 Å². The number of allylic oxidation sites excluding steroid dienone is 1. The van der Waals surface area contributed by atoms with Crippen LogP contribution < -0.4 is 26.6 Å². The Morgan fingerprint density at radius 2 is 1.91 bits per heavy atom. The van der Waals surface area contributed by atoms with Gasteiger partial charge in [-0.3, -0.25) is 0 Å². The highest BCUT2D eigenvalue weighted by molar-refractivity contribution is 5.77. The number of hydrogen-bond acceptors (Lipinski definition) is 6. The van der Waals surface area contributed by atoms with Crippen molar-refractivity contribution >= 4 is 29.0 Å². The zero-order valence-corrected chi connectivity index (χ0v) is 22.0. The van der Waals surface area contributed by atoms with Crippen molar-refractivity contribution in [3.05, 3.63) is 71.6 Å². The first kappa shape index (κ1) is 26.4. The van der Waals surface area contributed by atoms with Gasteiger partial charge in [-0.2, -0.15) is 0 Å². The number of nitrogens with zero attached hydrogens (tertiary/aromatic N) is 1. The Balaban J connectivity index is 0.00000167. The van der Waals surface area contributed by atoms with Crippen LogP contribution in [-0.2, 0) is 0 Å². The molecule has 0 bridgehead atoms. The minimum Gasteiger partial charge on any atom is -0.388 e. The highest BCUT2D eigenvalue weighted by atomic mass is 15.0. The minimum atomic E-state index is 0.469. The van der Waals surface area contributed by atoms with E-state index in [1.54, 1.807) is 0 Å². The van der Waals surface area contributed by atoms with Crippen molar-refractivity contribution in [1.82, 2.24) is 20.9 Å². The third-order valence-corrected chi connectivity index (χ3v) is 6.30. The molecule has 1 fully saturated rings. The van der Waals surface area contributed by atoms with Gasteiger partial charge in [-0.1, -0.05) is 33.4 Å². The molecule has 2 aliphatic heterocycles. The molecule has 2 aliphatic rings. The van der Waals surface area contributed by atoms with Crippen molar-refractivity contribution in [1.29, 1.82) is 0 Å². The minimum absolute atomic E-state index is 0.469. The first-order chi connectivity index (χ1) is 17.1. The second kappa shape index (κ2) is 13.0. The molecule has 188 valence electrons. The molecule has 3 heterocycles. The molecule has 0 radical (unpaired) electrons. The van der Waals surface area contributed by atoms with E-state index < -0.39 is 0 Å². The van der Waals surface area contributed by atoms with E-state index in [1.165, 1.54) is 11.3 Å². The predicted octanol–water partition coefficient (Wildman–Crippen LogP) is 5.66. The highest BCUT2D eigenvalue weighted by Crippen LogP contribution is 2.27. The number of aromatic nitrogens is 1. The normalized spacial score (nSPS) is 17.7. The number of nitrogens with one attached hydrogen (secondary N) is 5. The standard InChI is InChI=1S/C27H36N6.C2H6/c1-5-23-17-26(32-23)21-6-7-25(28-4)22(15-21)14-18(2)31-19(3)20-8-13-30-27(16-20)33-24-9-11-29-12-10-24;1-2/h6-8,13-17,23-24,28-29,31-32H,3,5,9-12H2,1-2,4H3,(H,30,33);1-2H3/b18-14+;. The van der Waals surface area contributed by atoms with E-state index in [2.05, 4.69) is 88.4 Å². The average molecular weight is 475 g/mol. The molecule has 1 aromatic carbocycles. The van der Waals surface area contributed by atoms with Crippen LogP contribution in [0.2, 0.25) is 0 Å². The van der Waals surface area contributed by atoms with Crippen LogP contribution in [0.25, 0.3) is 17.5 Å². The topological polar surface area (TPSA) is 73.0 Å². The first-order valence-electron chi connectivity index (χ1n) is 12.9. The van der Waals surface area contributed by atoms with Gasteiger partial charge >= 0.3 is 0 Å². The number of piperidine rings is 1. The quantitative estimate of drug-likeness (QED) is 0.323. The maximum absolute atomic E-state index is 4.50. The molecule has 5 N–H and O–H groups in total. The fraction of sp³-hybridized carbons (Fsp3) is 0.414. The van der Waals surface area contributed by atoms with Gasteiger partial charge in [0.15, 0.2) is 0 Å². The SMILES string of the molecule is C=C(N/C(C)=C/c1cc(C2=CC(CC)N2)ccc1NC)c1ccnc(NC2CCNCC2)c1.CC. The van der Waals surface area contributed by atoms with Gasteiger partial charge in [0, 0.05) is 53.7 Å². The van der Waals surface area contributed by atoms with Crippen LogP contribution in [-0.4, -0.2) is 37.2 Å². The summed E-state index contributed by atoms with van der Waals surface area (Å²) < 4.78 is 0. The Labute approximate surface area is 211 Å². The largest absolute Gasteiger partial charge is 0.388 e. The summed E-state index contributed by atoms with van der Waals surface area (Å²) in [4.78, 5) is 4.50. The number of anilines is 2. The van der Waals surface area contributed by atoms with Crippen molar-refractivity contribution in [2.45, 2.75) is 59.0 Å². The molecule has 4 rings (SSSR count). The molecule has 0 spiro atoms. The molecule has 1 unspecified atom stereocenters. The summed E-state index contributed by atoms with van der Waals surface area (Å²) in [5.41, 5.74) is 7.56. The van der Waals surface area contributed by atoms with E-state index in [0.717, 1.165) is 66.4 Å². The number of rotatable bonds is 9. The van der Waals surface area contributed by atoms with Gasteiger partial charge in [0.05, 0.1) is 0 Å². The smallest absolute Gasteiger partial charge is 0.126 e. The Bertz CT molecular complexity index is 1050. The van der Waals surface area contributed by atoms with Crippen LogP contribution in [0, 0.1) is 0 Å². The summed E-state index contributed by atoms with van der Waals surface area (Å²) in [5, 5.41) is 17.3. The molecule has 2 aromatic rings. The van der Waals surface area contributed by atoms with Gasteiger partial charge in [-0.05, 0) is 86.8 Å². The molecule has 1 saturated heterocycles. The van der Waals surface area contributed by atoms with Crippen LogP contribution in [0.5, 0.6) is 0 Å². The van der Waals surface area contributed by atoms with Crippen LogP contribution >= 0.6 is 0 Å². The zero-order chi connectivity index (χ0) is 25.2. The highest BCUT2D eigenvalue weighted by Gasteiger charge is 2.18. The van der Waals surface area contributed by atoms with Gasteiger partial charge in [-0.15, -0.1) is 0 Å². The summed E-state index contributed by atoms with van der Waals surface area (Å²) in [7, 11) is 1.95. The summed E-state index contributed by atoms with van der Waals surface area (Å²) in [6.45, 7) is 14.6. The second-order valence-corrected chi connectivity index (χ2v) is 8.82. The lowest BCUT2D eigenvalue weighted by atomic mass is 9.98. The van der Waals surface area contributed by atoms with Crippen LogP contribution in [0.4, 0.5) is 11.5 Å². The molecule has 1 atom stereocenters. The fourth-order valence-corrected chi connectivity index (χ4v) is 4.32. The molecular formula is C29H42N6. The van der Waals surface area contributed by atoms with E-state index in [4.69, 9.17) is 0 Å². The Morgan fingerprint density at radius 3 is 2.60 bits per heavy atom. The molecule has 0 saturated carbocycles. The molecule has 35 heavy (non-hydrogen) atoms. The van der Waals surface area contributed by atoms with Crippen molar-refractivity contribution in [3.8, 4) is 0 Å². The lowest BCUT2D eigenvalue weighted by molar-refractivity contribution is 0.478. The summed E-state index contributed by atoms with van der Waals surface area (Å²) in [6, 6.07) is 11.5. The Hall–Kier alpha value is -3.25.